The number of ether oxygens (including phenoxy) is 2. The second kappa shape index (κ2) is 5.88. The molecule has 0 radical (unpaired) electrons. The van der Waals surface area contributed by atoms with Gasteiger partial charge in [-0.2, -0.15) is 0 Å². The Morgan fingerprint density at radius 3 is 2.40 bits per heavy atom. The number of nitrogens with zero attached hydrogens (tertiary/aromatic N) is 2. The lowest BCUT2D eigenvalue weighted by Crippen LogP contribution is -2.01. The van der Waals surface area contributed by atoms with Gasteiger partial charge in [-0.25, -0.2) is 9.97 Å². The fraction of sp³-hybridized carbons (Fsp3) is 0.333. The number of aliphatic hydroxyl groups excluding tert-OH is 1. The van der Waals surface area contributed by atoms with Gasteiger partial charge >= 0.3 is 0 Å². The maximum Gasteiger partial charge on any atom is 0.161 e. The number of hydrogen-bond acceptors (Lipinski definition) is 5. The molecule has 0 saturated carbocycles. The Morgan fingerprint density at radius 1 is 1.15 bits per heavy atom. The van der Waals surface area contributed by atoms with Gasteiger partial charge in [0.25, 0.3) is 0 Å². The van der Waals surface area contributed by atoms with Gasteiger partial charge in [0.1, 0.15) is 0 Å². The van der Waals surface area contributed by atoms with E-state index in [-0.39, 0.29) is 0 Å². The molecule has 0 saturated heterocycles. The maximum atomic E-state index is 9.60. The van der Waals surface area contributed by atoms with E-state index >= 15 is 0 Å². The number of aromatic nitrogens is 2. The number of hydrogen-bond donors (Lipinski definition) is 1. The van der Waals surface area contributed by atoms with Crippen LogP contribution >= 0.6 is 0 Å². The van der Waals surface area contributed by atoms with Crippen LogP contribution in [0.5, 0.6) is 11.5 Å². The highest BCUT2D eigenvalue weighted by molar-refractivity contribution is 5.61. The van der Waals surface area contributed by atoms with Gasteiger partial charge in [0.2, 0.25) is 0 Å². The average Bonchev–Trinajstić information content (AvgIpc) is 2.45. The zero-order valence-electron chi connectivity index (χ0n) is 12.0. The Kier molecular flexibility index (Phi) is 4.20. The van der Waals surface area contributed by atoms with Crippen molar-refractivity contribution >= 4 is 0 Å². The molecule has 0 amide bonds. The van der Waals surface area contributed by atoms with E-state index in [1.807, 2.05) is 25.1 Å². The van der Waals surface area contributed by atoms with Crippen LogP contribution in [0.25, 0.3) is 11.4 Å². The van der Waals surface area contributed by atoms with E-state index in [1.165, 1.54) is 0 Å². The van der Waals surface area contributed by atoms with Gasteiger partial charge in [-0.15, -0.1) is 0 Å². The van der Waals surface area contributed by atoms with Gasteiger partial charge in [0, 0.05) is 23.0 Å². The summed E-state index contributed by atoms with van der Waals surface area (Å²) < 4.78 is 10.5. The molecule has 5 heteroatoms. The van der Waals surface area contributed by atoms with Crippen LogP contribution in [0.1, 0.15) is 24.3 Å². The molecule has 106 valence electrons. The van der Waals surface area contributed by atoms with E-state index in [2.05, 4.69) is 9.97 Å². The summed E-state index contributed by atoms with van der Waals surface area (Å²) in [6.07, 6.45) is 1.08. The first-order valence-corrected chi connectivity index (χ1v) is 6.30. The molecule has 2 aromatic rings. The third-order valence-corrected chi connectivity index (χ3v) is 3.11. The predicted octanol–water partition coefficient (Wildman–Crippen LogP) is 2.52. The lowest BCUT2D eigenvalue weighted by molar-refractivity contribution is 0.197. The van der Waals surface area contributed by atoms with Gasteiger partial charge in [-0.3, -0.25) is 0 Å². The van der Waals surface area contributed by atoms with E-state index in [0.717, 1.165) is 16.8 Å². The highest BCUT2D eigenvalue weighted by Gasteiger charge is 2.11. The number of methoxy groups -OCH3 is 2. The third kappa shape index (κ3) is 2.72. The maximum absolute atomic E-state index is 9.60. The van der Waals surface area contributed by atoms with Crippen molar-refractivity contribution in [2.24, 2.45) is 0 Å². The van der Waals surface area contributed by atoms with Crippen molar-refractivity contribution < 1.29 is 14.6 Å². The molecule has 0 unspecified atom stereocenters. The monoisotopic (exact) mass is 274 g/mol. The summed E-state index contributed by atoms with van der Waals surface area (Å²) in [6.45, 7) is 3.55. The smallest absolute Gasteiger partial charge is 0.161 e. The third-order valence-electron chi connectivity index (χ3n) is 3.11. The lowest BCUT2D eigenvalue weighted by atomic mass is 10.1. The van der Waals surface area contributed by atoms with Crippen molar-refractivity contribution in [1.82, 2.24) is 9.97 Å². The Labute approximate surface area is 118 Å². The summed E-state index contributed by atoms with van der Waals surface area (Å²) in [4.78, 5) is 8.72. The number of aryl methyl sites for hydroxylation is 1. The van der Waals surface area contributed by atoms with Crippen LogP contribution in [0, 0.1) is 6.92 Å². The van der Waals surface area contributed by atoms with Crippen LogP contribution in [-0.4, -0.2) is 29.3 Å². The van der Waals surface area contributed by atoms with E-state index in [1.54, 1.807) is 27.3 Å². The van der Waals surface area contributed by atoms with Crippen LogP contribution in [-0.2, 0) is 0 Å². The van der Waals surface area contributed by atoms with Gasteiger partial charge < -0.3 is 14.6 Å². The number of rotatable bonds is 4. The SMILES string of the molecule is COc1ccc(-c2ncc([C@H](C)O)c(C)n2)cc1OC. The van der Waals surface area contributed by atoms with Crippen molar-refractivity contribution in [2.75, 3.05) is 14.2 Å². The Bertz CT molecular complexity index is 612. The number of benzene rings is 1. The van der Waals surface area contributed by atoms with Crippen LogP contribution in [0.3, 0.4) is 0 Å². The van der Waals surface area contributed by atoms with E-state index in [0.29, 0.717) is 17.3 Å². The fourth-order valence-corrected chi connectivity index (χ4v) is 2.00. The Morgan fingerprint density at radius 2 is 1.85 bits per heavy atom. The lowest BCUT2D eigenvalue weighted by Gasteiger charge is -2.11. The molecule has 1 aromatic heterocycles. The normalized spacial score (nSPS) is 12.1. The number of aliphatic hydroxyl groups is 1. The zero-order valence-corrected chi connectivity index (χ0v) is 12.0. The van der Waals surface area contributed by atoms with Crippen molar-refractivity contribution in [3.8, 4) is 22.9 Å². The quantitative estimate of drug-likeness (QED) is 0.928. The summed E-state index contributed by atoms with van der Waals surface area (Å²) in [7, 11) is 3.18. The van der Waals surface area contributed by atoms with Crippen LogP contribution in [0.15, 0.2) is 24.4 Å². The Balaban J connectivity index is 2.44. The topological polar surface area (TPSA) is 64.5 Å². The molecule has 0 spiro atoms. The fourth-order valence-electron chi connectivity index (χ4n) is 2.00. The van der Waals surface area contributed by atoms with E-state index in [4.69, 9.17) is 9.47 Å². The van der Waals surface area contributed by atoms with Crippen molar-refractivity contribution in [3.05, 3.63) is 35.7 Å². The summed E-state index contributed by atoms with van der Waals surface area (Å²) in [5.74, 6) is 1.88. The van der Waals surface area contributed by atoms with Gasteiger partial charge in [0.05, 0.1) is 20.3 Å². The minimum atomic E-state index is -0.575. The molecule has 0 bridgehead atoms. The van der Waals surface area contributed by atoms with Gasteiger partial charge in [-0.1, -0.05) is 0 Å². The molecule has 1 N–H and O–H groups in total. The molecule has 0 aliphatic rings. The summed E-state index contributed by atoms with van der Waals surface area (Å²) in [6, 6.07) is 5.52. The summed E-state index contributed by atoms with van der Waals surface area (Å²) >= 11 is 0. The first kappa shape index (κ1) is 14.3. The highest BCUT2D eigenvalue weighted by atomic mass is 16.5. The van der Waals surface area contributed by atoms with Crippen LogP contribution in [0.2, 0.25) is 0 Å². The van der Waals surface area contributed by atoms with Gasteiger partial charge in [-0.05, 0) is 32.0 Å². The first-order chi connectivity index (χ1) is 9.56. The second-order valence-corrected chi connectivity index (χ2v) is 4.48. The van der Waals surface area contributed by atoms with Crippen molar-refractivity contribution in [3.63, 3.8) is 0 Å². The second-order valence-electron chi connectivity index (χ2n) is 4.48. The van der Waals surface area contributed by atoms with Crippen LogP contribution < -0.4 is 9.47 Å². The molecule has 0 fully saturated rings. The molecule has 20 heavy (non-hydrogen) atoms. The molecule has 0 aliphatic carbocycles. The molecular formula is C15H18N2O3. The molecule has 1 atom stereocenters. The molecule has 1 aromatic carbocycles. The minimum Gasteiger partial charge on any atom is -0.493 e. The predicted molar refractivity (Wildman–Crippen MR) is 75.9 cm³/mol. The van der Waals surface area contributed by atoms with Crippen LogP contribution in [0.4, 0.5) is 0 Å². The average molecular weight is 274 g/mol. The van der Waals surface area contributed by atoms with Crippen molar-refractivity contribution in [2.45, 2.75) is 20.0 Å². The zero-order chi connectivity index (χ0) is 14.7. The van der Waals surface area contributed by atoms with Gasteiger partial charge in [0.15, 0.2) is 17.3 Å². The minimum absolute atomic E-state index is 0.575. The van der Waals surface area contributed by atoms with E-state index < -0.39 is 6.10 Å². The molecule has 2 rings (SSSR count). The molecular weight excluding hydrogens is 256 g/mol. The molecule has 1 heterocycles. The summed E-state index contributed by atoms with van der Waals surface area (Å²) in [5.41, 5.74) is 2.33. The largest absolute Gasteiger partial charge is 0.493 e. The van der Waals surface area contributed by atoms with Crippen molar-refractivity contribution in [1.29, 1.82) is 0 Å². The highest BCUT2D eigenvalue weighted by Crippen LogP contribution is 2.31. The Hall–Kier alpha value is -2.14. The summed E-state index contributed by atoms with van der Waals surface area (Å²) in [5, 5.41) is 9.60. The first-order valence-electron chi connectivity index (χ1n) is 6.30. The molecule has 5 nitrogen and oxygen atoms in total. The standard InChI is InChI=1S/C15H18N2O3/c1-9-12(10(2)18)8-16-15(17-9)11-5-6-13(19-3)14(7-11)20-4/h5-8,10,18H,1-4H3/t10-/m0/s1. The van der Waals surface area contributed by atoms with E-state index in [9.17, 15) is 5.11 Å². The molecule has 0 aliphatic heterocycles.